The maximum Gasteiger partial charge on any atom is 0.266 e. The summed E-state index contributed by atoms with van der Waals surface area (Å²) in [5.74, 6) is -0.427. The molecule has 0 aromatic carbocycles. The molecule has 76 valence electrons. The predicted molar refractivity (Wildman–Crippen MR) is 47.5 cm³/mol. The highest BCUT2D eigenvalue weighted by atomic mass is 19.3. The molecule has 1 rings (SSSR count). The maximum atomic E-state index is 12.4. The van der Waals surface area contributed by atoms with Gasteiger partial charge in [0.2, 0.25) is 0 Å². The van der Waals surface area contributed by atoms with Gasteiger partial charge in [-0.2, -0.15) is 0 Å². The van der Waals surface area contributed by atoms with Gasteiger partial charge >= 0.3 is 0 Å². The fourth-order valence-corrected chi connectivity index (χ4v) is 1.07. The fourth-order valence-electron chi connectivity index (χ4n) is 1.07. The second kappa shape index (κ2) is 4.76. The lowest BCUT2D eigenvalue weighted by Gasteiger charge is -2.05. The second-order valence-corrected chi connectivity index (χ2v) is 2.70. The number of carbonyl (C=O) groups excluding carboxylic acids is 1. The summed E-state index contributed by atoms with van der Waals surface area (Å²) in [4.78, 5) is 15.0. The Hall–Kier alpha value is -1.36. The molecule has 0 saturated carbocycles. The second-order valence-electron chi connectivity index (χ2n) is 2.70. The van der Waals surface area contributed by atoms with E-state index < -0.39 is 12.2 Å². The summed E-state index contributed by atoms with van der Waals surface area (Å²) in [5, 5.41) is 2.60. The van der Waals surface area contributed by atoms with Crippen LogP contribution < -0.4 is 5.32 Å². The standard InChI is InChI=1S/C9H10F2N2O/c1-12-5-7(14)8-6(9(10)11)3-2-4-13-8/h2-4,9,12H,5H2,1H3. The minimum Gasteiger partial charge on any atom is -0.313 e. The zero-order valence-corrected chi connectivity index (χ0v) is 7.63. The first kappa shape index (κ1) is 10.7. The maximum absolute atomic E-state index is 12.4. The number of carbonyl (C=O) groups is 1. The van der Waals surface area contributed by atoms with Crippen molar-refractivity contribution in [2.75, 3.05) is 13.6 Å². The third-order valence-corrected chi connectivity index (χ3v) is 1.68. The quantitative estimate of drug-likeness (QED) is 0.747. The molecule has 1 aromatic heterocycles. The molecule has 0 aliphatic heterocycles. The Kier molecular flexibility index (Phi) is 3.64. The lowest BCUT2D eigenvalue weighted by Crippen LogP contribution is -2.21. The highest BCUT2D eigenvalue weighted by molar-refractivity contribution is 5.97. The van der Waals surface area contributed by atoms with Crippen molar-refractivity contribution in [1.29, 1.82) is 0 Å². The van der Waals surface area contributed by atoms with Gasteiger partial charge in [-0.15, -0.1) is 0 Å². The van der Waals surface area contributed by atoms with Crippen LogP contribution in [-0.4, -0.2) is 24.4 Å². The van der Waals surface area contributed by atoms with Gasteiger partial charge in [0.1, 0.15) is 5.69 Å². The molecule has 0 aliphatic rings. The lowest BCUT2D eigenvalue weighted by molar-refractivity contribution is 0.0973. The highest BCUT2D eigenvalue weighted by Crippen LogP contribution is 2.21. The van der Waals surface area contributed by atoms with E-state index in [1.54, 1.807) is 7.05 Å². The Morgan fingerprint density at radius 2 is 2.36 bits per heavy atom. The van der Waals surface area contributed by atoms with Crippen molar-refractivity contribution in [1.82, 2.24) is 10.3 Å². The van der Waals surface area contributed by atoms with Crippen LogP contribution in [-0.2, 0) is 0 Å². The summed E-state index contributed by atoms with van der Waals surface area (Å²) in [7, 11) is 1.57. The van der Waals surface area contributed by atoms with Crippen LogP contribution in [0.4, 0.5) is 8.78 Å². The Balaban J connectivity index is 3.00. The Labute approximate surface area is 80.2 Å². The number of nitrogens with one attached hydrogen (secondary N) is 1. The molecule has 0 atom stereocenters. The number of pyridine rings is 1. The number of nitrogens with zero attached hydrogens (tertiary/aromatic N) is 1. The summed E-state index contributed by atoms with van der Waals surface area (Å²) in [6, 6.07) is 2.60. The Morgan fingerprint density at radius 3 is 2.93 bits per heavy atom. The molecule has 3 nitrogen and oxygen atoms in total. The van der Waals surface area contributed by atoms with E-state index in [9.17, 15) is 13.6 Å². The largest absolute Gasteiger partial charge is 0.313 e. The van der Waals surface area contributed by atoms with Gasteiger partial charge in [0.25, 0.3) is 6.43 Å². The number of ketones is 1. The molecular formula is C9H10F2N2O. The lowest BCUT2D eigenvalue weighted by atomic mass is 10.1. The third-order valence-electron chi connectivity index (χ3n) is 1.68. The van der Waals surface area contributed by atoms with Gasteiger partial charge in [0, 0.05) is 11.8 Å². The van der Waals surface area contributed by atoms with E-state index in [2.05, 4.69) is 10.3 Å². The van der Waals surface area contributed by atoms with Gasteiger partial charge in [-0.1, -0.05) is 0 Å². The minimum atomic E-state index is -2.67. The molecule has 14 heavy (non-hydrogen) atoms. The van der Waals surface area contributed by atoms with Crippen LogP contribution in [0.1, 0.15) is 22.5 Å². The van der Waals surface area contributed by atoms with E-state index in [0.717, 1.165) is 0 Å². The van der Waals surface area contributed by atoms with Crippen LogP contribution >= 0.6 is 0 Å². The number of Topliss-reactive ketones (excluding diaryl/α,β-unsaturated/α-hetero) is 1. The van der Waals surface area contributed by atoms with Gasteiger partial charge in [-0.3, -0.25) is 9.78 Å². The van der Waals surface area contributed by atoms with Gasteiger partial charge in [-0.25, -0.2) is 8.78 Å². The van der Waals surface area contributed by atoms with Crippen LogP contribution in [0.5, 0.6) is 0 Å². The van der Waals surface area contributed by atoms with Gasteiger partial charge in [0.15, 0.2) is 5.78 Å². The van der Waals surface area contributed by atoms with E-state index in [0.29, 0.717) is 0 Å². The van der Waals surface area contributed by atoms with E-state index >= 15 is 0 Å². The average molecular weight is 200 g/mol. The molecule has 1 N–H and O–H groups in total. The summed E-state index contributed by atoms with van der Waals surface area (Å²) >= 11 is 0. The van der Waals surface area contributed by atoms with Gasteiger partial charge < -0.3 is 5.32 Å². The number of hydrogen-bond acceptors (Lipinski definition) is 3. The number of halogens is 2. The Bertz CT molecular complexity index is 328. The molecule has 0 unspecified atom stereocenters. The SMILES string of the molecule is CNCC(=O)c1ncccc1C(F)F. The van der Waals surface area contributed by atoms with Crippen LogP contribution in [0.25, 0.3) is 0 Å². The van der Waals surface area contributed by atoms with Crippen molar-refractivity contribution in [2.24, 2.45) is 0 Å². The van der Waals surface area contributed by atoms with Gasteiger partial charge in [-0.05, 0) is 19.2 Å². The first-order valence-electron chi connectivity index (χ1n) is 4.07. The van der Waals surface area contributed by atoms with Crippen LogP contribution in [0.15, 0.2) is 18.3 Å². The summed E-state index contributed by atoms with van der Waals surface area (Å²) in [6.07, 6.45) is -1.34. The third kappa shape index (κ3) is 2.32. The highest BCUT2D eigenvalue weighted by Gasteiger charge is 2.18. The first-order chi connectivity index (χ1) is 6.66. The number of rotatable bonds is 4. The Morgan fingerprint density at radius 1 is 1.64 bits per heavy atom. The molecule has 5 heteroatoms. The molecule has 1 heterocycles. The van der Waals surface area contributed by atoms with Gasteiger partial charge in [0.05, 0.1) is 6.54 Å². The average Bonchev–Trinajstić information content (AvgIpc) is 2.18. The van der Waals surface area contributed by atoms with Crippen LogP contribution in [0, 0.1) is 0 Å². The van der Waals surface area contributed by atoms with Crippen LogP contribution in [0.2, 0.25) is 0 Å². The minimum absolute atomic E-state index is 0.0106. The molecule has 0 fully saturated rings. The zero-order valence-electron chi connectivity index (χ0n) is 7.63. The van der Waals surface area contributed by atoms with Crippen LogP contribution in [0.3, 0.4) is 0 Å². The number of likely N-dealkylation sites (N-methyl/N-ethyl adjacent to an activating group) is 1. The summed E-state index contributed by atoms with van der Waals surface area (Å²) in [5.41, 5.74) is -0.468. The first-order valence-corrected chi connectivity index (χ1v) is 4.07. The monoisotopic (exact) mass is 200 g/mol. The smallest absolute Gasteiger partial charge is 0.266 e. The summed E-state index contributed by atoms with van der Waals surface area (Å²) < 4.78 is 24.8. The number of alkyl halides is 2. The van der Waals surface area contributed by atoms with E-state index in [-0.39, 0.29) is 17.8 Å². The molecule has 0 radical (unpaired) electrons. The molecule has 0 saturated heterocycles. The fraction of sp³-hybridized carbons (Fsp3) is 0.333. The van der Waals surface area contributed by atoms with Crippen molar-refractivity contribution < 1.29 is 13.6 Å². The summed E-state index contributed by atoms with van der Waals surface area (Å²) in [6.45, 7) is 0.0106. The number of hydrogen-bond donors (Lipinski definition) is 1. The van der Waals surface area contributed by atoms with E-state index in [1.165, 1.54) is 18.3 Å². The van der Waals surface area contributed by atoms with Crippen molar-refractivity contribution in [3.8, 4) is 0 Å². The van der Waals surface area contributed by atoms with E-state index in [1.807, 2.05) is 0 Å². The van der Waals surface area contributed by atoms with Crippen molar-refractivity contribution in [3.05, 3.63) is 29.6 Å². The van der Waals surface area contributed by atoms with Crippen molar-refractivity contribution in [2.45, 2.75) is 6.43 Å². The zero-order chi connectivity index (χ0) is 10.6. The number of aromatic nitrogens is 1. The molecule has 0 amide bonds. The molecule has 0 spiro atoms. The van der Waals surface area contributed by atoms with Crippen molar-refractivity contribution >= 4 is 5.78 Å². The topological polar surface area (TPSA) is 42.0 Å². The van der Waals surface area contributed by atoms with Crippen molar-refractivity contribution in [3.63, 3.8) is 0 Å². The molecular weight excluding hydrogens is 190 g/mol. The normalized spacial score (nSPS) is 10.6. The predicted octanol–water partition coefficient (Wildman–Crippen LogP) is 1.42. The molecule has 1 aromatic rings. The molecule has 0 bridgehead atoms. The van der Waals surface area contributed by atoms with E-state index in [4.69, 9.17) is 0 Å². The molecule has 0 aliphatic carbocycles.